The topological polar surface area (TPSA) is 42.7 Å². The Hall–Kier alpha value is -1.55. The molecule has 1 heterocycles. The van der Waals surface area contributed by atoms with Crippen molar-refractivity contribution in [1.29, 1.82) is 0 Å². The lowest BCUT2D eigenvalue weighted by Gasteiger charge is -2.10. The minimum absolute atomic E-state index is 0.545. The molecule has 0 fully saturated rings. The summed E-state index contributed by atoms with van der Waals surface area (Å²) < 4.78 is 1.95. The number of hydrogen-bond donors (Lipinski definition) is 1. The van der Waals surface area contributed by atoms with Crippen LogP contribution in [0, 0.1) is 5.92 Å². The van der Waals surface area contributed by atoms with Crippen molar-refractivity contribution in [1.82, 2.24) is 14.8 Å². The zero-order chi connectivity index (χ0) is 13.7. The normalized spacial score (nSPS) is 10.9. The first-order chi connectivity index (χ1) is 9.19. The number of hydrogen-bond acceptors (Lipinski definition) is 3. The van der Waals surface area contributed by atoms with Gasteiger partial charge in [-0.3, -0.25) is 0 Å². The van der Waals surface area contributed by atoms with Crippen LogP contribution in [0.4, 0.5) is 5.69 Å². The zero-order valence-electron chi connectivity index (χ0n) is 11.3. The van der Waals surface area contributed by atoms with Crippen LogP contribution in [0.3, 0.4) is 0 Å². The van der Waals surface area contributed by atoms with Crippen LogP contribution in [0.15, 0.2) is 30.6 Å². The van der Waals surface area contributed by atoms with Crippen molar-refractivity contribution in [3.63, 3.8) is 0 Å². The summed E-state index contributed by atoms with van der Waals surface area (Å²) in [6.07, 6.45) is 1.61. The molecule has 4 nitrogen and oxygen atoms in total. The smallest absolute Gasteiger partial charge is 0.146 e. The van der Waals surface area contributed by atoms with E-state index in [0.29, 0.717) is 18.3 Å². The van der Waals surface area contributed by atoms with Gasteiger partial charge in [-0.15, -0.1) is 11.6 Å². The average Bonchev–Trinajstić information content (AvgIpc) is 2.83. The third kappa shape index (κ3) is 3.96. The van der Waals surface area contributed by atoms with E-state index in [4.69, 9.17) is 11.6 Å². The fourth-order valence-corrected chi connectivity index (χ4v) is 1.99. The predicted molar refractivity (Wildman–Crippen MR) is 78.2 cm³/mol. The van der Waals surface area contributed by atoms with Crippen molar-refractivity contribution < 1.29 is 0 Å². The standard InChI is InChI=1S/C14H19ClN4/c1-11(2)9-19-14(17-10-18-19)8-16-13-5-3-12(7-15)4-6-13/h3-6,10-11,16H,7-9H2,1-2H3. The number of nitrogens with zero attached hydrogens (tertiary/aromatic N) is 3. The van der Waals surface area contributed by atoms with Crippen LogP contribution in [0.25, 0.3) is 0 Å². The summed E-state index contributed by atoms with van der Waals surface area (Å²) in [6, 6.07) is 8.10. The van der Waals surface area contributed by atoms with E-state index in [2.05, 4.69) is 29.2 Å². The van der Waals surface area contributed by atoms with Crippen LogP contribution in [0.2, 0.25) is 0 Å². The molecule has 0 radical (unpaired) electrons. The van der Waals surface area contributed by atoms with Gasteiger partial charge in [0.05, 0.1) is 6.54 Å². The summed E-state index contributed by atoms with van der Waals surface area (Å²) in [5.74, 6) is 2.06. The Bertz CT molecular complexity index is 504. The van der Waals surface area contributed by atoms with Gasteiger partial charge in [0.1, 0.15) is 12.2 Å². The van der Waals surface area contributed by atoms with Gasteiger partial charge in [-0.05, 0) is 23.6 Å². The number of rotatable bonds is 6. The van der Waals surface area contributed by atoms with Crippen molar-refractivity contribution in [3.05, 3.63) is 42.0 Å². The third-order valence-corrected chi connectivity index (χ3v) is 3.10. The van der Waals surface area contributed by atoms with Gasteiger partial charge < -0.3 is 5.32 Å². The molecule has 19 heavy (non-hydrogen) atoms. The molecule has 5 heteroatoms. The van der Waals surface area contributed by atoms with E-state index in [0.717, 1.165) is 23.6 Å². The maximum Gasteiger partial charge on any atom is 0.146 e. The van der Waals surface area contributed by atoms with Gasteiger partial charge in [-0.25, -0.2) is 9.67 Å². The van der Waals surface area contributed by atoms with Gasteiger partial charge in [-0.2, -0.15) is 5.10 Å². The van der Waals surface area contributed by atoms with Crippen LogP contribution >= 0.6 is 11.6 Å². The number of aromatic nitrogens is 3. The van der Waals surface area contributed by atoms with E-state index in [1.165, 1.54) is 0 Å². The number of anilines is 1. The summed E-state index contributed by atoms with van der Waals surface area (Å²) in [4.78, 5) is 4.29. The fourth-order valence-electron chi connectivity index (χ4n) is 1.82. The van der Waals surface area contributed by atoms with Gasteiger partial charge in [0.15, 0.2) is 0 Å². The van der Waals surface area contributed by atoms with E-state index in [-0.39, 0.29) is 0 Å². The molecule has 0 aliphatic rings. The van der Waals surface area contributed by atoms with Gasteiger partial charge in [-0.1, -0.05) is 26.0 Å². The van der Waals surface area contributed by atoms with Gasteiger partial charge >= 0.3 is 0 Å². The molecule has 0 spiro atoms. The second-order valence-corrected chi connectivity index (χ2v) is 5.20. The SMILES string of the molecule is CC(C)Cn1ncnc1CNc1ccc(CCl)cc1. The average molecular weight is 279 g/mol. The van der Waals surface area contributed by atoms with Crippen molar-refractivity contribution in [2.75, 3.05) is 5.32 Å². The molecule has 0 aliphatic carbocycles. The largest absolute Gasteiger partial charge is 0.378 e. The van der Waals surface area contributed by atoms with Crippen molar-refractivity contribution in [2.45, 2.75) is 32.8 Å². The predicted octanol–water partition coefficient (Wildman–Crippen LogP) is 3.29. The minimum atomic E-state index is 0.545. The highest BCUT2D eigenvalue weighted by Crippen LogP contribution is 2.12. The highest BCUT2D eigenvalue weighted by atomic mass is 35.5. The lowest BCUT2D eigenvalue weighted by Crippen LogP contribution is -2.13. The van der Waals surface area contributed by atoms with Gasteiger partial charge in [0, 0.05) is 18.1 Å². The van der Waals surface area contributed by atoms with Crippen molar-refractivity contribution in [2.24, 2.45) is 5.92 Å². The Morgan fingerprint density at radius 3 is 2.63 bits per heavy atom. The maximum atomic E-state index is 5.76. The molecule has 0 saturated carbocycles. The number of alkyl halides is 1. The van der Waals surface area contributed by atoms with Gasteiger partial charge in [0.25, 0.3) is 0 Å². The molecule has 0 bridgehead atoms. The summed E-state index contributed by atoms with van der Waals surface area (Å²) in [5, 5.41) is 7.59. The van der Waals surface area contributed by atoms with Gasteiger partial charge in [0.2, 0.25) is 0 Å². The van der Waals surface area contributed by atoms with Crippen LogP contribution in [0.1, 0.15) is 25.2 Å². The number of halogens is 1. The second kappa shape index (κ2) is 6.57. The molecule has 0 unspecified atom stereocenters. The monoisotopic (exact) mass is 278 g/mol. The summed E-state index contributed by atoms with van der Waals surface area (Å²) in [6.45, 7) is 5.91. The third-order valence-electron chi connectivity index (χ3n) is 2.79. The minimum Gasteiger partial charge on any atom is -0.378 e. The molecular weight excluding hydrogens is 260 g/mol. The second-order valence-electron chi connectivity index (χ2n) is 4.94. The Morgan fingerprint density at radius 2 is 2.00 bits per heavy atom. The molecule has 2 aromatic rings. The van der Waals surface area contributed by atoms with E-state index in [1.54, 1.807) is 6.33 Å². The molecule has 1 N–H and O–H groups in total. The molecule has 2 rings (SSSR count). The molecule has 0 aliphatic heterocycles. The first-order valence-electron chi connectivity index (χ1n) is 6.44. The lowest BCUT2D eigenvalue weighted by molar-refractivity contribution is 0.468. The van der Waals surface area contributed by atoms with Crippen LogP contribution in [0.5, 0.6) is 0 Å². The van der Waals surface area contributed by atoms with Crippen LogP contribution < -0.4 is 5.32 Å². The van der Waals surface area contributed by atoms with E-state index >= 15 is 0 Å². The first-order valence-corrected chi connectivity index (χ1v) is 6.98. The van der Waals surface area contributed by atoms with E-state index < -0.39 is 0 Å². The highest BCUT2D eigenvalue weighted by Gasteiger charge is 2.05. The van der Waals surface area contributed by atoms with Crippen molar-refractivity contribution >= 4 is 17.3 Å². The van der Waals surface area contributed by atoms with E-state index in [1.807, 2.05) is 28.9 Å². The Kier molecular flexibility index (Phi) is 4.80. The summed E-state index contributed by atoms with van der Waals surface area (Å²) in [7, 11) is 0. The molecule has 0 atom stereocenters. The maximum absolute atomic E-state index is 5.76. The Balaban J connectivity index is 1.96. The number of benzene rings is 1. The Labute approximate surface area is 118 Å². The number of nitrogens with one attached hydrogen (secondary N) is 1. The summed E-state index contributed by atoms with van der Waals surface area (Å²) >= 11 is 5.76. The fraction of sp³-hybridized carbons (Fsp3) is 0.429. The molecule has 0 saturated heterocycles. The zero-order valence-corrected chi connectivity index (χ0v) is 12.1. The molecular formula is C14H19ClN4. The molecule has 1 aromatic carbocycles. The lowest BCUT2D eigenvalue weighted by atomic mass is 10.2. The van der Waals surface area contributed by atoms with Crippen LogP contribution in [-0.4, -0.2) is 14.8 Å². The molecule has 1 aromatic heterocycles. The highest BCUT2D eigenvalue weighted by molar-refractivity contribution is 6.17. The molecule has 102 valence electrons. The first kappa shape index (κ1) is 13.9. The molecule has 0 amide bonds. The summed E-state index contributed by atoms with van der Waals surface area (Å²) in [5.41, 5.74) is 2.18. The van der Waals surface area contributed by atoms with E-state index in [9.17, 15) is 0 Å². The Morgan fingerprint density at radius 1 is 1.26 bits per heavy atom. The van der Waals surface area contributed by atoms with Crippen molar-refractivity contribution in [3.8, 4) is 0 Å². The quantitative estimate of drug-likeness (QED) is 0.825. The van der Waals surface area contributed by atoms with Crippen LogP contribution in [-0.2, 0) is 19.0 Å².